The van der Waals surface area contributed by atoms with E-state index < -0.39 is 18.0 Å². The van der Waals surface area contributed by atoms with Crippen molar-refractivity contribution in [2.24, 2.45) is 0 Å². The Morgan fingerprint density at radius 3 is 2.27 bits per heavy atom. The van der Waals surface area contributed by atoms with Crippen molar-refractivity contribution in [1.29, 1.82) is 0 Å². The summed E-state index contributed by atoms with van der Waals surface area (Å²) in [7, 11) is 3.04. The number of hydrogen-bond donors (Lipinski definition) is 1. The number of amides is 1. The summed E-state index contributed by atoms with van der Waals surface area (Å²) in [5.41, 5.74) is 2.54. The summed E-state index contributed by atoms with van der Waals surface area (Å²) < 4.78 is 21.2. The number of benzene rings is 2. The molecule has 162 valence electrons. The predicted molar refractivity (Wildman–Crippen MR) is 114 cm³/mol. The lowest BCUT2D eigenvalue weighted by Crippen LogP contribution is -2.31. The van der Waals surface area contributed by atoms with Crippen LogP contribution in [-0.2, 0) is 14.3 Å². The van der Waals surface area contributed by atoms with Crippen LogP contribution in [0, 0.1) is 6.92 Å². The zero-order valence-electron chi connectivity index (χ0n) is 18.3. The van der Waals surface area contributed by atoms with Crippen molar-refractivity contribution in [1.82, 2.24) is 0 Å². The number of carbonyl (C=O) groups is 2. The summed E-state index contributed by atoms with van der Waals surface area (Å²) in [5.74, 6) is 0.832. The molecule has 1 amide bonds. The summed E-state index contributed by atoms with van der Waals surface area (Å²) in [5, 5.41) is 2.69. The van der Waals surface area contributed by atoms with Crippen LogP contribution < -0.4 is 19.5 Å². The smallest absolute Gasteiger partial charge is 0.344 e. The molecule has 0 aliphatic heterocycles. The maximum Gasteiger partial charge on any atom is 0.344 e. The van der Waals surface area contributed by atoms with Gasteiger partial charge in [-0.2, -0.15) is 0 Å². The average molecular weight is 415 g/mol. The molecule has 1 atom stereocenters. The van der Waals surface area contributed by atoms with Gasteiger partial charge in [-0.15, -0.1) is 0 Å². The Kier molecular flexibility index (Phi) is 8.09. The van der Waals surface area contributed by atoms with Crippen molar-refractivity contribution >= 4 is 17.6 Å². The molecule has 7 heteroatoms. The zero-order chi connectivity index (χ0) is 22.3. The Hall–Kier alpha value is -3.22. The Balaban J connectivity index is 1.93. The highest BCUT2D eigenvalue weighted by Gasteiger charge is 2.19. The fourth-order valence-electron chi connectivity index (χ4n) is 2.82. The van der Waals surface area contributed by atoms with E-state index in [2.05, 4.69) is 19.2 Å². The molecule has 2 aromatic carbocycles. The van der Waals surface area contributed by atoms with Gasteiger partial charge in [0.25, 0.3) is 5.91 Å². The molecule has 2 aromatic rings. The first-order valence-electron chi connectivity index (χ1n) is 9.70. The summed E-state index contributed by atoms with van der Waals surface area (Å²) in [6, 6.07) is 10.8. The van der Waals surface area contributed by atoms with E-state index in [1.54, 1.807) is 18.2 Å². The van der Waals surface area contributed by atoms with Crippen LogP contribution in [0.1, 0.15) is 37.8 Å². The number of ether oxygens (including phenoxy) is 4. The van der Waals surface area contributed by atoms with Crippen molar-refractivity contribution in [3.8, 4) is 17.2 Å². The first kappa shape index (κ1) is 23.1. The van der Waals surface area contributed by atoms with Gasteiger partial charge in [0.1, 0.15) is 5.75 Å². The lowest BCUT2D eigenvalue weighted by Gasteiger charge is -2.17. The zero-order valence-corrected chi connectivity index (χ0v) is 18.3. The van der Waals surface area contributed by atoms with E-state index in [0.717, 1.165) is 11.1 Å². The van der Waals surface area contributed by atoms with Gasteiger partial charge < -0.3 is 24.3 Å². The van der Waals surface area contributed by atoms with Crippen molar-refractivity contribution in [2.45, 2.75) is 39.7 Å². The van der Waals surface area contributed by atoms with Gasteiger partial charge in [0.15, 0.2) is 24.2 Å². The molecular formula is C23H29NO6. The Labute approximate surface area is 177 Å². The van der Waals surface area contributed by atoms with Crippen molar-refractivity contribution in [3.63, 3.8) is 0 Å². The van der Waals surface area contributed by atoms with Gasteiger partial charge in [0.05, 0.1) is 14.2 Å². The number of esters is 1. The molecular weight excluding hydrogens is 386 g/mol. The standard InChI is InChI=1S/C23H29NO6/c1-14(2)18-9-7-15(3)11-20(18)29-13-22(25)30-16(4)23(26)24-17-8-10-19(27-5)21(12-17)28-6/h7-12,14,16H,13H2,1-6H3,(H,24,26). The van der Waals surface area contributed by atoms with E-state index >= 15 is 0 Å². The minimum atomic E-state index is -0.990. The third kappa shape index (κ3) is 6.14. The van der Waals surface area contributed by atoms with Gasteiger partial charge in [-0.3, -0.25) is 4.79 Å². The van der Waals surface area contributed by atoms with E-state index in [4.69, 9.17) is 18.9 Å². The fraction of sp³-hybridized carbons (Fsp3) is 0.391. The van der Waals surface area contributed by atoms with Gasteiger partial charge in [-0.05, 0) is 49.1 Å². The van der Waals surface area contributed by atoms with Gasteiger partial charge in [-0.1, -0.05) is 26.0 Å². The molecule has 30 heavy (non-hydrogen) atoms. The van der Waals surface area contributed by atoms with E-state index in [9.17, 15) is 9.59 Å². The lowest BCUT2D eigenvalue weighted by molar-refractivity contribution is -0.155. The molecule has 1 unspecified atom stereocenters. The monoisotopic (exact) mass is 415 g/mol. The van der Waals surface area contributed by atoms with Crippen LogP contribution in [0.5, 0.6) is 17.2 Å². The number of nitrogens with one attached hydrogen (secondary N) is 1. The first-order chi connectivity index (χ1) is 14.2. The molecule has 0 fully saturated rings. The van der Waals surface area contributed by atoms with Crippen LogP contribution in [0.3, 0.4) is 0 Å². The Bertz CT molecular complexity index is 893. The second-order valence-electron chi connectivity index (χ2n) is 7.18. The largest absolute Gasteiger partial charge is 0.493 e. The van der Waals surface area contributed by atoms with E-state index in [1.807, 2.05) is 25.1 Å². The normalized spacial score (nSPS) is 11.6. The second-order valence-corrected chi connectivity index (χ2v) is 7.18. The third-order valence-electron chi connectivity index (χ3n) is 4.47. The quantitative estimate of drug-likeness (QED) is 0.621. The van der Waals surface area contributed by atoms with E-state index in [1.165, 1.54) is 21.1 Å². The predicted octanol–water partition coefficient (Wildman–Crippen LogP) is 4.08. The van der Waals surface area contributed by atoms with Crippen LogP contribution in [0.2, 0.25) is 0 Å². The highest BCUT2D eigenvalue weighted by molar-refractivity contribution is 5.95. The molecule has 0 saturated heterocycles. The number of methoxy groups -OCH3 is 2. The molecule has 0 saturated carbocycles. The van der Waals surface area contributed by atoms with Crippen LogP contribution in [0.4, 0.5) is 5.69 Å². The molecule has 0 radical (unpaired) electrons. The number of hydrogen-bond acceptors (Lipinski definition) is 6. The van der Waals surface area contributed by atoms with Gasteiger partial charge in [0.2, 0.25) is 0 Å². The molecule has 1 N–H and O–H groups in total. The summed E-state index contributed by atoms with van der Waals surface area (Å²) in [6.45, 7) is 7.28. The van der Waals surface area contributed by atoms with Crippen LogP contribution >= 0.6 is 0 Å². The SMILES string of the molecule is COc1ccc(NC(=O)C(C)OC(=O)COc2cc(C)ccc2C(C)C)cc1OC. The Morgan fingerprint density at radius 1 is 0.933 bits per heavy atom. The summed E-state index contributed by atoms with van der Waals surface area (Å²) in [6.07, 6.45) is -0.990. The highest BCUT2D eigenvalue weighted by Crippen LogP contribution is 2.30. The molecule has 0 spiro atoms. The molecule has 0 aliphatic carbocycles. The molecule has 0 aliphatic rings. The highest BCUT2D eigenvalue weighted by atomic mass is 16.6. The van der Waals surface area contributed by atoms with E-state index in [-0.39, 0.29) is 12.5 Å². The second kappa shape index (κ2) is 10.5. The molecule has 0 aromatic heterocycles. The number of carbonyl (C=O) groups excluding carboxylic acids is 2. The number of aryl methyl sites for hydroxylation is 1. The molecule has 0 bridgehead atoms. The maximum atomic E-state index is 12.4. The van der Waals surface area contributed by atoms with Gasteiger partial charge in [0, 0.05) is 11.8 Å². The summed E-state index contributed by atoms with van der Waals surface area (Å²) >= 11 is 0. The van der Waals surface area contributed by atoms with Crippen molar-refractivity contribution in [3.05, 3.63) is 47.5 Å². The van der Waals surface area contributed by atoms with Crippen molar-refractivity contribution in [2.75, 3.05) is 26.1 Å². The van der Waals surface area contributed by atoms with Crippen molar-refractivity contribution < 1.29 is 28.5 Å². The van der Waals surface area contributed by atoms with Crippen LogP contribution in [0.25, 0.3) is 0 Å². The van der Waals surface area contributed by atoms with Gasteiger partial charge >= 0.3 is 5.97 Å². The minimum Gasteiger partial charge on any atom is -0.493 e. The molecule has 0 heterocycles. The summed E-state index contributed by atoms with van der Waals surface area (Å²) in [4.78, 5) is 24.5. The lowest BCUT2D eigenvalue weighted by atomic mass is 10.0. The Morgan fingerprint density at radius 2 is 1.63 bits per heavy atom. The molecule has 7 nitrogen and oxygen atoms in total. The number of anilines is 1. The first-order valence-corrected chi connectivity index (χ1v) is 9.70. The van der Waals surface area contributed by atoms with Gasteiger partial charge in [-0.25, -0.2) is 4.79 Å². The number of rotatable bonds is 9. The van der Waals surface area contributed by atoms with E-state index in [0.29, 0.717) is 22.9 Å². The van der Waals surface area contributed by atoms with Crippen LogP contribution in [0.15, 0.2) is 36.4 Å². The topological polar surface area (TPSA) is 83.1 Å². The average Bonchev–Trinajstić information content (AvgIpc) is 2.71. The fourth-order valence-corrected chi connectivity index (χ4v) is 2.82. The maximum absolute atomic E-state index is 12.4. The third-order valence-corrected chi connectivity index (χ3v) is 4.47. The molecule has 2 rings (SSSR count). The van der Waals surface area contributed by atoms with Crippen LogP contribution in [-0.4, -0.2) is 38.8 Å². The minimum absolute atomic E-state index is 0.253.